The van der Waals surface area contributed by atoms with Gasteiger partial charge in [0, 0.05) is 17.8 Å². The largest absolute Gasteiger partial charge is 0.483 e. The smallest absolute Gasteiger partial charge is 0.292 e. The van der Waals surface area contributed by atoms with Crippen LogP contribution in [0.1, 0.15) is 12.0 Å². The van der Waals surface area contributed by atoms with E-state index in [0.717, 1.165) is 5.56 Å². The Morgan fingerprint density at radius 2 is 2.15 bits per heavy atom. The van der Waals surface area contributed by atoms with Crippen LogP contribution in [0.3, 0.4) is 0 Å². The van der Waals surface area contributed by atoms with Gasteiger partial charge in [-0.15, -0.1) is 0 Å². The molecule has 1 aromatic heterocycles. The highest BCUT2D eigenvalue weighted by Gasteiger charge is 2.04. The van der Waals surface area contributed by atoms with Crippen molar-refractivity contribution in [3.05, 3.63) is 63.5 Å². The molecule has 0 saturated carbocycles. The lowest BCUT2D eigenvalue weighted by molar-refractivity contribution is 0.299. The maximum absolute atomic E-state index is 12.1. The zero-order valence-electron chi connectivity index (χ0n) is 10.8. The third-order valence-electron chi connectivity index (χ3n) is 2.73. The normalized spacial score (nSPS) is 10.0. The zero-order chi connectivity index (χ0) is 14.4. The van der Waals surface area contributed by atoms with Crippen LogP contribution in [0.4, 0.5) is 0 Å². The number of aryl methyl sites for hydroxylation is 1. The molecule has 0 unspecified atom stereocenters. The molecule has 0 amide bonds. The zero-order valence-corrected chi connectivity index (χ0v) is 11.5. The molecule has 0 aliphatic rings. The molecule has 102 valence electrons. The number of ether oxygens (including phenoxy) is 1. The maximum atomic E-state index is 12.1. The van der Waals surface area contributed by atoms with E-state index in [1.54, 1.807) is 30.5 Å². The summed E-state index contributed by atoms with van der Waals surface area (Å²) in [5.74, 6) is 0.269. The number of benzene rings is 1. The predicted molar refractivity (Wildman–Crippen MR) is 76.7 cm³/mol. The van der Waals surface area contributed by atoms with Crippen LogP contribution in [-0.2, 0) is 13.2 Å². The lowest BCUT2D eigenvalue weighted by atomic mass is 10.2. The molecule has 2 aromatic rings. The van der Waals surface area contributed by atoms with Crippen molar-refractivity contribution in [2.24, 2.45) is 0 Å². The number of aromatic nitrogens is 1. The van der Waals surface area contributed by atoms with E-state index in [1.807, 2.05) is 18.2 Å². The van der Waals surface area contributed by atoms with Crippen molar-refractivity contribution in [2.45, 2.75) is 19.6 Å². The van der Waals surface area contributed by atoms with Gasteiger partial charge in [0.1, 0.15) is 6.61 Å². The van der Waals surface area contributed by atoms with E-state index in [-0.39, 0.29) is 24.3 Å². The van der Waals surface area contributed by atoms with Crippen molar-refractivity contribution in [3.8, 4) is 11.8 Å². The minimum atomic E-state index is -0.232. The number of rotatable bonds is 5. The quantitative estimate of drug-likeness (QED) is 0.850. The third-order valence-corrected chi connectivity index (χ3v) is 2.97. The Morgan fingerprint density at radius 1 is 1.30 bits per heavy atom. The SMILES string of the molecule is N#CCCn1cccc(OCc2cccc(Cl)c2)c1=O. The van der Waals surface area contributed by atoms with E-state index in [2.05, 4.69) is 0 Å². The second kappa shape index (κ2) is 6.78. The molecule has 4 nitrogen and oxygen atoms in total. The Balaban J connectivity index is 2.10. The topological polar surface area (TPSA) is 55.0 Å². The number of pyridine rings is 1. The minimum Gasteiger partial charge on any atom is -0.483 e. The molecule has 1 aromatic carbocycles. The van der Waals surface area contributed by atoms with Crippen LogP contribution in [-0.4, -0.2) is 4.57 Å². The summed E-state index contributed by atoms with van der Waals surface area (Å²) in [5, 5.41) is 9.19. The fourth-order valence-electron chi connectivity index (χ4n) is 1.76. The van der Waals surface area contributed by atoms with Crippen molar-refractivity contribution in [2.75, 3.05) is 0 Å². The van der Waals surface area contributed by atoms with Crippen LogP contribution in [0.5, 0.6) is 5.75 Å². The summed E-state index contributed by atoms with van der Waals surface area (Å²) < 4.78 is 6.99. The highest BCUT2D eigenvalue weighted by molar-refractivity contribution is 6.30. The van der Waals surface area contributed by atoms with Crippen LogP contribution >= 0.6 is 11.6 Å². The molecule has 0 atom stereocenters. The molecule has 20 heavy (non-hydrogen) atoms. The van der Waals surface area contributed by atoms with Gasteiger partial charge < -0.3 is 9.30 Å². The minimum absolute atomic E-state index is 0.232. The van der Waals surface area contributed by atoms with E-state index < -0.39 is 0 Å². The standard InChI is InChI=1S/C15H13ClN2O2/c16-13-5-1-4-12(10-13)11-20-14-6-2-8-18(15(14)19)9-3-7-17/h1-2,4-6,8,10H,3,9,11H2. The number of hydrogen-bond donors (Lipinski definition) is 0. The second-order valence-corrected chi connectivity index (χ2v) is 4.63. The van der Waals surface area contributed by atoms with Crippen molar-refractivity contribution < 1.29 is 4.74 Å². The Kier molecular flexibility index (Phi) is 4.80. The average Bonchev–Trinajstić information content (AvgIpc) is 2.45. The average molecular weight is 289 g/mol. The molecular formula is C15H13ClN2O2. The van der Waals surface area contributed by atoms with E-state index >= 15 is 0 Å². The molecule has 2 rings (SSSR count). The van der Waals surface area contributed by atoms with Gasteiger partial charge in [0.15, 0.2) is 5.75 Å². The summed E-state index contributed by atoms with van der Waals surface area (Å²) >= 11 is 5.89. The van der Waals surface area contributed by atoms with Gasteiger partial charge in [-0.2, -0.15) is 5.26 Å². The van der Waals surface area contributed by atoms with Gasteiger partial charge in [0.2, 0.25) is 0 Å². The predicted octanol–water partition coefficient (Wildman–Crippen LogP) is 2.99. The Labute approximate surface area is 121 Å². The van der Waals surface area contributed by atoms with Crippen LogP contribution in [0, 0.1) is 11.3 Å². The lowest BCUT2D eigenvalue weighted by Crippen LogP contribution is -2.21. The molecule has 0 spiro atoms. The van der Waals surface area contributed by atoms with Crippen molar-refractivity contribution in [3.63, 3.8) is 0 Å². The molecule has 0 aliphatic carbocycles. The fourth-order valence-corrected chi connectivity index (χ4v) is 1.97. The number of nitriles is 1. The van der Waals surface area contributed by atoms with Gasteiger partial charge >= 0.3 is 0 Å². The van der Waals surface area contributed by atoms with E-state index in [4.69, 9.17) is 21.6 Å². The van der Waals surface area contributed by atoms with Crippen molar-refractivity contribution >= 4 is 11.6 Å². The number of nitrogens with zero attached hydrogens (tertiary/aromatic N) is 2. The van der Waals surface area contributed by atoms with Gasteiger partial charge in [-0.3, -0.25) is 4.79 Å². The number of halogens is 1. The molecule has 0 radical (unpaired) electrons. The molecule has 5 heteroatoms. The van der Waals surface area contributed by atoms with Crippen LogP contribution in [0.25, 0.3) is 0 Å². The van der Waals surface area contributed by atoms with Gasteiger partial charge in [-0.05, 0) is 29.8 Å². The Hall–Kier alpha value is -2.25. The Bertz CT molecular complexity index is 689. The molecular weight excluding hydrogens is 276 g/mol. The molecule has 0 N–H and O–H groups in total. The maximum Gasteiger partial charge on any atom is 0.292 e. The highest BCUT2D eigenvalue weighted by Crippen LogP contribution is 2.12. The summed E-state index contributed by atoms with van der Waals surface area (Å²) in [6, 6.07) is 12.6. The molecule has 0 bridgehead atoms. The van der Waals surface area contributed by atoms with E-state index in [1.165, 1.54) is 4.57 Å². The Morgan fingerprint density at radius 3 is 2.90 bits per heavy atom. The van der Waals surface area contributed by atoms with Gasteiger partial charge in [0.25, 0.3) is 5.56 Å². The van der Waals surface area contributed by atoms with Crippen molar-refractivity contribution in [1.29, 1.82) is 5.26 Å². The van der Waals surface area contributed by atoms with Gasteiger partial charge in [0.05, 0.1) is 12.5 Å². The number of hydrogen-bond acceptors (Lipinski definition) is 3. The van der Waals surface area contributed by atoms with Crippen LogP contribution < -0.4 is 10.3 Å². The summed E-state index contributed by atoms with van der Waals surface area (Å²) in [4.78, 5) is 12.1. The fraction of sp³-hybridized carbons (Fsp3) is 0.200. The van der Waals surface area contributed by atoms with Crippen LogP contribution in [0.15, 0.2) is 47.4 Å². The van der Waals surface area contributed by atoms with Gasteiger partial charge in [-0.25, -0.2) is 0 Å². The first-order valence-corrected chi connectivity index (χ1v) is 6.52. The second-order valence-electron chi connectivity index (χ2n) is 4.20. The first-order valence-electron chi connectivity index (χ1n) is 6.14. The molecule has 0 fully saturated rings. The third kappa shape index (κ3) is 3.62. The van der Waals surface area contributed by atoms with Crippen molar-refractivity contribution in [1.82, 2.24) is 4.57 Å². The first-order chi connectivity index (χ1) is 9.70. The van der Waals surface area contributed by atoms with E-state index in [9.17, 15) is 4.79 Å². The first kappa shape index (κ1) is 14.2. The monoisotopic (exact) mass is 288 g/mol. The molecule has 0 aliphatic heterocycles. The summed E-state index contributed by atoms with van der Waals surface area (Å²) in [5.41, 5.74) is 0.661. The highest BCUT2D eigenvalue weighted by atomic mass is 35.5. The summed E-state index contributed by atoms with van der Waals surface area (Å²) in [6.45, 7) is 0.641. The lowest BCUT2D eigenvalue weighted by Gasteiger charge is -2.08. The molecule has 1 heterocycles. The molecule has 0 saturated heterocycles. The summed E-state index contributed by atoms with van der Waals surface area (Å²) in [6.07, 6.45) is 1.93. The van der Waals surface area contributed by atoms with E-state index in [0.29, 0.717) is 11.6 Å². The van der Waals surface area contributed by atoms with Crippen LogP contribution in [0.2, 0.25) is 5.02 Å². The van der Waals surface area contributed by atoms with Gasteiger partial charge in [-0.1, -0.05) is 23.7 Å². The summed E-state index contributed by atoms with van der Waals surface area (Å²) in [7, 11) is 0.